The van der Waals surface area contributed by atoms with Gasteiger partial charge in [0.15, 0.2) is 0 Å². The number of carbonyl (C=O) groups excluding carboxylic acids is 1. The summed E-state index contributed by atoms with van der Waals surface area (Å²) in [6.07, 6.45) is 0. The normalized spacial score (nSPS) is 12.2. The molecule has 1 unspecified atom stereocenters. The number of aliphatic hydroxyl groups excluding tert-OH is 1. The molecule has 1 atom stereocenters. The summed E-state index contributed by atoms with van der Waals surface area (Å²) in [4.78, 5) is 12.9. The maximum Gasteiger partial charge on any atom is 0.220 e. The minimum Gasteiger partial charge on any atom is -0.393 e. The van der Waals surface area contributed by atoms with Crippen LogP contribution in [-0.4, -0.2) is 27.9 Å². The quantitative estimate of drug-likeness (QED) is 0.660. The van der Waals surface area contributed by atoms with Crippen molar-refractivity contribution in [3.8, 4) is 0 Å². The average Bonchev–Trinajstić information content (AvgIpc) is 2.27. The van der Waals surface area contributed by atoms with Crippen molar-refractivity contribution in [3.63, 3.8) is 0 Å². The first kappa shape index (κ1) is 13.5. The van der Waals surface area contributed by atoms with Gasteiger partial charge in [0.05, 0.1) is 12.0 Å². The maximum atomic E-state index is 11.4. The van der Waals surface area contributed by atoms with E-state index >= 15 is 0 Å². The van der Waals surface area contributed by atoms with Crippen LogP contribution in [-0.2, 0) is 11.3 Å². The first-order valence-corrected chi connectivity index (χ1v) is 6.16. The van der Waals surface area contributed by atoms with Crippen LogP contribution in [0.2, 0.25) is 0 Å². The zero-order valence-electron chi connectivity index (χ0n) is 8.93. The van der Waals surface area contributed by atoms with Crippen LogP contribution in [0.5, 0.6) is 0 Å². The van der Waals surface area contributed by atoms with E-state index in [1.807, 2.05) is 24.3 Å². The molecule has 0 fully saturated rings. The molecule has 0 aliphatic carbocycles. The average molecular weight is 304 g/mol. The molecule has 1 amide bonds. The molecule has 88 valence electrons. The molecular weight excluding hydrogens is 290 g/mol. The highest BCUT2D eigenvalue weighted by molar-refractivity contribution is 9.10. The van der Waals surface area contributed by atoms with E-state index in [0.29, 0.717) is 6.54 Å². The van der Waals surface area contributed by atoms with E-state index in [9.17, 15) is 4.79 Å². The highest BCUT2D eigenvalue weighted by Crippen LogP contribution is 2.14. The smallest absolute Gasteiger partial charge is 0.220 e. The lowest BCUT2D eigenvalue weighted by Gasteiger charge is -2.26. The van der Waals surface area contributed by atoms with E-state index in [4.69, 9.17) is 5.11 Å². The predicted molar refractivity (Wildman–Crippen MR) is 70.2 cm³/mol. The van der Waals surface area contributed by atoms with Crippen molar-refractivity contribution < 1.29 is 9.90 Å². The summed E-state index contributed by atoms with van der Waals surface area (Å²) in [5, 5.41) is 8.54. The van der Waals surface area contributed by atoms with E-state index in [-0.39, 0.29) is 12.5 Å². The molecular formula is C11H14BrNO2S. The molecule has 0 aromatic heterocycles. The van der Waals surface area contributed by atoms with Crippen molar-refractivity contribution in [2.75, 3.05) is 6.61 Å². The van der Waals surface area contributed by atoms with Crippen LogP contribution in [0.3, 0.4) is 0 Å². The Balaban J connectivity index is 2.75. The van der Waals surface area contributed by atoms with Gasteiger partial charge in [0.2, 0.25) is 5.91 Å². The van der Waals surface area contributed by atoms with Gasteiger partial charge >= 0.3 is 0 Å². The fourth-order valence-electron chi connectivity index (χ4n) is 1.31. The zero-order valence-corrected chi connectivity index (χ0v) is 11.4. The number of hydrogen-bond acceptors (Lipinski definition) is 3. The predicted octanol–water partition coefficient (Wildman–Crippen LogP) is 2.05. The number of amides is 1. The summed E-state index contributed by atoms with van der Waals surface area (Å²) < 4.78 is 0.996. The molecule has 0 spiro atoms. The molecule has 1 rings (SSSR count). The fourth-order valence-corrected chi connectivity index (χ4v) is 1.82. The standard InChI is InChI=1S/C11H14BrNO2S/c1-8(15)13(11(16)7-14)6-9-2-4-10(12)5-3-9/h2-5,11,14,16H,6-7H2,1H3. The highest BCUT2D eigenvalue weighted by atomic mass is 79.9. The third kappa shape index (κ3) is 3.81. The SMILES string of the molecule is CC(=O)N(Cc1ccc(Br)cc1)C(S)CO. The van der Waals surface area contributed by atoms with E-state index in [1.54, 1.807) is 0 Å². The van der Waals surface area contributed by atoms with Crippen molar-refractivity contribution in [2.24, 2.45) is 0 Å². The molecule has 5 heteroatoms. The third-order valence-electron chi connectivity index (χ3n) is 2.19. The van der Waals surface area contributed by atoms with Gasteiger partial charge in [-0.1, -0.05) is 28.1 Å². The van der Waals surface area contributed by atoms with Gasteiger partial charge in [-0.25, -0.2) is 0 Å². The van der Waals surface area contributed by atoms with Gasteiger partial charge in [-0.3, -0.25) is 4.79 Å². The third-order valence-corrected chi connectivity index (χ3v) is 3.16. The molecule has 0 aliphatic heterocycles. The van der Waals surface area contributed by atoms with Crippen LogP contribution >= 0.6 is 28.6 Å². The number of aliphatic hydroxyl groups is 1. The lowest BCUT2D eigenvalue weighted by molar-refractivity contribution is -0.130. The Morgan fingerprint density at radius 1 is 1.50 bits per heavy atom. The molecule has 0 saturated carbocycles. The first-order chi connectivity index (χ1) is 7.54. The lowest BCUT2D eigenvalue weighted by Crippen LogP contribution is -2.37. The number of rotatable bonds is 4. The van der Waals surface area contributed by atoms with Crippen LogP contribution in [0.15, 0.2) is 28.7 Å². The van der Waals surface area contributed by atoms with Crippen LogP contribution in [0.25, 0.3) is 0 Å². The second-order valence-electron chi connectivity index (χ2n) is 3.44. The number of hydrogen-bond donors (Lipinski definition) is 2. The van der Waals surface area contributed by atoms with Gasteiger partial charge in [0.1, 0.15) is 0 Å². The summed E-state index contributed by atoms with van der Waals surface area (Å²) >= 11 is 7.51. The van der Waals surface area contributed by atoms with Gasteiger partial charge < -0.3 is 10.0 Å². The summed E-state index contributed by atoms with van der Waals surface area (Å²) in [6, 6.07) is 7.69. The maximum absolute atomic E-state index is 11.4. The monoisotopic (exact) mass is 303 g/mol. The van der Waals surface area contributed by atoms with Gasteiger partial charge in [-0.05, 0) is 17.7 Å². The van der Waals surface area contributed by atoms with Crippen LogP contribution in [0.4, 0.5) is 0 Å². The Morgan fingerprint density at radius 2 is 2.06 bits per heavy atom. The number of thiol groups is 1. The Labute approximate surface area is 109 Å². The number of benzene rings is 1. The summed E-state index contributed by atoms with van der Waals surface area (Å²) in [6.45, 7) is 1.77. The largest absolute Gasteiger partial charge is 0.393 e. The van der Waals surface area contributed by atoms with Crippen LogP contribution in [0, 0.1) is 0 Å². The first-order valence-electron chi connectivity index (χ1n) is 4.85. The summed E-state index contributed by atoms with van der Waals surface area (Å²) in [7, 11) is 0. The van der Waals surface area contributed by atoms with E-state index < -0.39 is 5.37 Å². The van der Waals surface area contributed by atoms with Crippen LogP contribution in [0.1, 0.15) is 12.5 Å². The second-order valence-corrected chi connectivity index (χ2v) is 4.95. The van der Waals surface area contributed by atoms with Crippen molar-refractivity contribution >= 4 is 34.5 Å². The van der Waals surface area contributed by atoms with E-state index in [0.717, 1.165) is 10.0 Å². The molecule has 1 aromatic rings. The lowest BCUT2D eigenvalue weighted by atomic mass is 10.2. The van der Waals surface area contributed by atoms with Crippen LogP contribution < -0.4 is 0 Å². The van der Waals surface area contributed by atoms with Gasteiger partial charge in [-0.15, -0.1) is 0 Å². The second kappa shape index (κ2) is 6.27. The molecule has 1 N–H and O–H groups in total. The number of halogens is 1. The Hall–Kier alpha value is -0.520. The summed E-state index contributed by atoms with van der Waals surface area (Å²) in [5.74, 6) is -0.100. The van der Waals surface area contributed by atoms with E-state index in [1.165, 1.54) is 11.8 Å². The molecule has 0 aliphatic rings. The Kier molecular flexibility index (Phi) is 5.31. The number of nitrogens with zero attached hydrogens (tertiary/aromatic N) is 1. The van der Waals surface area contributed by atoms with Crippen molar-refractivity contribution in [3.05, 3.63) is 34.3 Å². The van der Waals surface area contributed by atoms with Gasteiger partial charge in [0.25, 0.3) is 0 Å². The zero-order chi connectivity index (χ0) is 12.1. The number of carbonyl (C=O) groups is 1. The molecule has 0 heterocycles. The highest BCUT2D eigenvalue weighted by Gasteiger charge is 2.16. The topological polar surface area (TPSA) is 40.5 Å². The molecule has 0 bridgehead atoms. The molecule has 16 heavy (non-hydrogen) atoms. The molecule has 0 saturated heterocycles. The Bertz CT molecular complexity index is 356. The molecule has 1 aromatic carbocycles. The van der Waals surface area contributed by atoms with Crippen molar-refractivity contribution in [1.29, 1.82) is 0 Å². The fraction of sp³-hybridized carbons (Fsp3) is 0.364. The van der Waals surface area contributed by atoms with Gasteiger partial charge in [-0.2, -0.15) is 12.6 Å². The Morgan fingerprint density at radius 3 is 2.50 bits per heavy atom. The molecule has 0 radical (unpaired) electrons. The summed E-state index contributed by atoms with van der Waals surface area (Å²) in [5.41, 5.74) is 1.01. The minimum atomic E-state index is -0.457. The minimum absolute atomic E-state index is 0.100. The van der Waals surface area contributed by atoms with E-state index in [2.05, 4.69) is 28.6 Å². The van der Waals surface area contributed by atoms with Gasteiger partial charge in [0, 0.05) is 17.9 Å². The van der Waals surface area contributed by atoms with Crippen molar-refractivity contribution in [1.82, 2.24) is 4.90 Å². The molecule has 3 nitrogen and oxygen atoms in total. The van der Waals surface area contributed by atoms with Crippen molar-refractivity contribution in [2.45, 2.75) is 18.8 Å².